The van der Waals surface area contributed by atoms with Gasteiger partial charge >= 0.3 is 0 Å². The fourth-order valence-electron chi connectivity index (χ4n) is 1.43. The molecule has 88 valence electrons. The Morgan fingerprint density at radius 3 is 2.31 bits per heavy atom. The van der Waals surface area contributed by atoms with E-state index in [2.05, 4.69) is 56.9 Å². The van der Waals surface area contributed by atoms with Gasteiger partial charge in [0, 0.05) is 5.56 Å². The van der Waals surface area contributed by atoms with Gasteiger partial charge in [0.05, 0.1) is 0 Å². The molecule has 16 heavy (non-hydrogen) atoms. The van der Waals surface area contributed by atoms with Crippen molar-refractivity contribution in [2.75, 3.05) is 0 Å². The first kappa shape index (κ1) is 13.0. The molecule has 1 aromatic rings. The number of hydrogen-bond donors (Lipinski definition) is 0. The molecule has 0 fully saturated rings. The van der Waals surface area contributed by atoms with Gasteiger partial charge in [-0.25, -0.2) is 0 Å². The van der Waals surface area contributed by atoms with Crippen molar-refractivity contribution in [3.8, 4) is 0 Å². The quantitative estimate of drug-likeness (QED) is 0.531. The molecule has 0 aromatic heterocycles. The van der Waals surface area contributed by atoms with Crippen molar-refractivity contribution in [2.45, 2.75) is 39.4 Å². The van der Waals surface area contributed by atoms with Gasteiger partial charge in [0.1, 0.15) is 5.76 Å². The van der Waals surface area contributed by atoms with Crippen LogP contribution in [-0.4, -0.2) is 8.32 Å². The molecule has 0 radical (unpaired) electrons. The zero-order valence-electron chi connectivity index (χ0n) is 10.8. The molecule has 0 atom stereocenters. The van der Waals surface area contributed by atoms with Crippen LogP contribution in [0.1, 0.15) is 25.3 Å². The lowest BCUT2D eigenvalue weighted by Gasteiger charge is -2.22. The Balaban J connectivity index is 2.89. The van der Waals surface area contributed by atoms with Crippen LogP contribution >= 0.6 is 0 Å². The largest absolute Gasteiger partial charge is 0.544 e. The molecule has 0 N–H and O–H groups in total. The lowest BCUT2D eigenvalue weighted by atomic mass is 10.1. The summed E-state index contributed by atoms with van der Waals surface area (Å²) in [5, 5.41) is 0. The van der Waals surface area contributed by atoms with E-state index in [1.807, 2.05) is 6.07 Å². The van der Waals surface area contributed by atoms with Gasteiger partial charge in [-0.2, -0.15) is 0 Å². The predicted molar refractivity (Wildman–Crippen MR) is 73.8 cm³/mol. The summed E-state index contributed by atoms with van der Waals surface area (Å²) < 4.78 is 6.13. The molecule has 1 nitrogen and oxygen atoms in total. The Hall–Kier alpha value is -1.02. The average Bonchev–Trinajstić information content (AvgIpc) is 2.24. The number of benzene rings is 1. The molecule has 0 amide bonds. The summed E-state index contributed by atoms with van der Waals surface area (Å²) in [6, 6.07) is 10.4. The van der Waals surface area contributed by atoms with Crippen LogP contribution in [-0.2, 0) is 4.43 Å². The lowest BCUT2D eigenvalue weighted by Crippen LogP contribution is -2.24. The molecule has 1 aromatic carbocycles. The highest BCUT2D eigenvalue weighted by atomic mass is 28.4. The van der Waals surface area contributed by atoms with E-state index in [9.17, 15) is 0 Å². The fraction of sp³-hybridized carbons (Fsp3) is 0.429. The number of hydrogen-bond acceptors (Lipinski definition) is 1. The van der Waals surface area contributed by atoms with E-state index < -0.39 is 8.32 Å². The Morgan fingerprint density at radius 2 is 1.81 bits per heavy atom. The summed E-state index contributed by atoms with van der Waals surface area (Å²) in [5.41, 5.74) is 1.19. The Morgan fingerprint density at radius 1 is 1.19 bits per heavy atom. The zero-order valence-corrected chi connectivity index (χ0v) is 11.8. The Kier molecular flexibility index (Phi) is 4.81. The van der Waals surface area contributed by atoms with E-state index >= 15 is 0 Å². The van der Waals surface area contributed by atoms with Gasteiger partial charge in [-0.05, 0) is 32.1 Å². The number of unbranched alkanes of at least 4 members (excludes halogenated alkanes) is 1. The first-order valence-corrected chi connectivity index (χ1v) is 9.38. The van der Waals surface area contributed by atoms with Crippen LogP contribution in [0.2, 0.25) is 19.6 Å². The van der Waals surface area contributed by atoms with Gasteiger partial charge in [0.15, 0.2) is 0 Å². The minimum Gasteiger partial charge on any atom is -0.544 e. The second kappa shape index (κ2) is 5.90. The Bertz CT molecular complexity index is 336. The van der Waals surface area contributed by atoms with Gasteiger partial charge in [0.25, 0.3) is 0 Å². The zero-order chi connectivity index (χ0) is 12.0. The highest BCUT2D eigenvalue weighted by molar-refractivity contribution is 6.70. The molecular formula is C14H22OSi. The van der Waals surface area contributed by atoms with Crippen LogP contribution in [0.4, 0.5) is 0 Å². The molecule has 0 aliphatic heterocycles. The SMILES string of the molecule is CCC/C=C(\O[Si](C)(C)C)c1ccccc1. The highest BCUT2D eigenvalue weighted by Gasteiger charge is 2.18. The first-order chi connectivity index (χ1) is 7.53. The van der Waals surface area contributed by atoms with E-state index in [1.165, 1.54) is 5.56 Å². The van der Waals surface area contributed by atoms with Gasteiger partial charge in [-0.1, -0.05) is 43.7 Å². The van der Waals surface area contributed by atoms with Crippen LogP contribution in [0.25, 0.3) is 5.76 Å². The van der Waals surface area contributed by atoms with Gasteiger partial charge in [-0.15, -0.1) is 0 Å². The lowest BCUT2D eigenvalue weighted by molar-refractivity contribution is 0.512. The third kappa shape index (κ3) is 4.66. The molecule has 2 heteroatoms. The molecule has 0 bridgehead atoms. The molecule has 0 saturated heterocycles. The number of rotatable bonds is 5. The molecule has 0 aliphatic rings. The highest BCUT2D eigenvalue weighted by Crippen LogP contribution is 2.21. The molecule has 0 aliphatic carbocycles. The van der Waals surface area contributed by atoms with Crippen molar-refractivity contribution in [2.24, 2.45) is 0 Å². The van der Waals surface area contributed by atoms with E-state index in [-0.39, 0.29) is 0 Å². The van der Waals surface area contributed by atoms with Crippen molar-refractivity contribution >= 4 is 14.1 Å². The van der Waals surface area contributed by atoms with Gasteiger partial charge in [0.2, 0.25) is 8.32 Å². The summed E-state index contributed by atoms with van der Waals surface area (Å²) >= 11 is 0. The monoisotopic (exact) mass is 234 g/mol. The minimum atomic E-state index is -1.52. The molecule has 0 spiro atoms. The van der Waals surface area contributed by atoms with E-state index in [1.54, 1.807) is 0 Å². The van der Waals surface area contributed by atoms with Gasteiger partial charge in [-0.3, -0.25) is 0 Å². The maximum Gasteiger partial charge on any atom is 0.242 e. The second-order valence-corrected chi connectivity index (χ2v) is 9.37. The first-order valence-electron chi connectivity index (χ1n) is 5.97. The standard InChI is InChI=1S/C14H22OSi/c1-5-6-12-14(15-16(2,3)4)13-10-8-7-9-11-13/h7-12H,5-6H2,1-4H3/b14-12-. The van der Waals surface area contributed by atoms with Crippen LogP contribution in [0.5, 0.6) is 0 Å². The molecule has 1 rings (SSSR count). The van der Waals surface area contributed by atoms with Crippen LogP contribution in [0, 0.1) is 0 Å². The van der Waals surface area contributed by atoms with Crippen LogP contribution < -0.4 is 0 Å². The maximum atomic E-state index is 6.13. The van der Waals surface area contributed by atoms with Crippen molar-refractivity contribution in [1.82, 2.24) is 0 Å². The van der Waals surface area contributed by atoms with Crippen molar-refractivity contribution in [1.29, 1.82) is 0 Å². The van der Waals surface area contributed by atoms with E-state index in [0.29, 0.717) is 0 Å². The summed E-state index contributed by atoms with van der Waals surface area (Å²) in [5.74, 6) is 1.06. The Labute approximate surface area is 100 Å². The third-order valence-corrected chi connectivity index (χ3v) is 2.93. The number of allylic oxidation sites excluding steroid dienone is 1. The van der Waals surface area contributed by atoms with Crippen molar-refractivity contribution in [3.63, 3.8) is 0 Å². The fourth-order valence-corrected chi connectivity index (χ4v) is 2.29. The maximum absolute atomic E-state index is 6.13. The van der Waals surface area contributed by atoms with Crippen molar-refractivity contribution < 1.29 is 4.43 Å². The molecule has 0 saturated carbocycles. The topological polar surface area (TPSA) is 9.23 Å². The second-order valence-electron chi connectivity index (χ2n) is 4.94. The predicted octanol–water partition coefficient (Wildman–Crippen LogP) is 4.68. The molecule has 0 unspecified atom stereocenters. The van der Waals surface area contributed by atoms with Crippen LogP contribution in [0.3, 0.4) is 0 Å². The normalized spacial score (nSPS) is 12.6. The average molecular weight is 234 g/mol. The molecule has 0 heterocycles. The molecular weight excluding hydrogens is 212 g/mol. The van der Waals surface area contributed by atoms with Crippen LogP contribution in [0.15, 0.2) is 36.4 Å². The third-order valence-electron chi connectivity index (χ3n) is 2.09. The van der Waals surface area contributed by atoms with Gasteiger partial charge < -0.3 is 4.43 Å². The summed E-state index contributed by atoms with van der Waals surface area (Å²) in [4.78, 5) is 0. The van der Waals surface area contributed by atoms with E-state index in [0.717, 1.165) is 18.6 Å². The smallest absolute Gasteiger partial charge is 0.242 e. The summed E-state index contributed by atoms with van der Waals surface area (Å²) in [6.07, 6.45) is 4.45. The minimum absolute atomic E-state index is 1.06. The summed E-state index contributed by atoms with van der Waals surface area (Å²) in [6.45, 7) is 8.84. The van der Waals surface area contributed by atoms with E-state index in [4.69, 9.17) is 4.43 Å². The van der Waals surface area contributed by atoms with Crippen molar-refractivity contribution in [3.05, 3.63) is 42.0 Å². The summed E-state index contributed by atoms with van der Waals surface area (Å²) in [7, 11) is -1.52.